The first-order chi connectivity index (χ1) is 11.2. The molecule has 1 saturated carbocycles. The summed E-state index contributed by atoms with van der Waals surface area (Å²) >= 11 is 1.53. The van der Waals surface area contributed by atoms with Gasteiger partial charge in [0.15, 0.2) is 11.0 Å². The minimum atomic E-state index is 0.00568. The Morgan fingerprint density at radius 2 is 2.04 bits per heavy atom. The molecule has 2 heterocycles. The molecule has 0 amide bonds. The fourth-order valence-corrected chi connectivity index (χ4v) is 3.13. The Kier molecular flexibility index (Phi) is 3.65. The van der Waals surface area contributed by atoms with Gasteiger partial charge in [0.05, 0.1) is 10.8 Å². The summed E-state index contributed by atoms with van der Waals surface area (Å²) in [6.07, 6.45) is 2.41. The van der Waals surface area contributed by atoms with Crippen molar-refractivity contribution in [3.63, 3.8) is 0 Å². The molecule has 3 aromatic rings. The Hall–Kier alpha value is -2.15. The van der Waals surface area contributed by atoms with E-state index in [2.05, 4.69) is 26.5 Å². The third kappa shape index (κ3) is 3.14. The van der Waals surface area contributed by atoms with Gasteiger partial charge in [-0.05, 0) is 38.8 Å². The average Bonchev–Trinajstić information content (AvgIpc) is 3.25. The SMILES string of the molecule is Cc1noc(C(C)Sc2nc(NC3CC3)c3ccccc3n2)n1. The molecule has 0 saturated heterocycles. The lowest BCUT2D eigenvalue weighted by Gasteiger charge is -2.11. The van der Waals surface area contributed by atoms with Gasteiger partial charge in [-0.25, -0.2) is 9.97 Å². The number of thioether (sulfide) groups is 1. The van der Waals surface area contributed by atoms with Gasteiger partial charge < -0.3 is 9.84 Å². The second-order valence-corrected chi connectivity index (χ2v) is 7.04. The van der Waals surface area contributed by atoms with E-state index in [1.807, 2.05) is 32.0 Å². The number of benzene rings is 1. The first kappa shape index (κ1) is 14.4. The molecule has 1 atom stereocenters. The quantitative estimate of drug-likeness (QED) is 0.565. The lowest BCUT2D eigenvalue weighted by Crippen LogP contribution is -2.05. The third-order valence-electron chi connectivity index (χ3n) is 3.67. The van der Waals surface area contributed by atoms with Crippen LogP contribution < -0.4 is 5.32 Å². The highest BCUT2D eigenvalue weighted by molar-refractivity contribution is 7.99. The van der Waals surface area contributed by atoms with Gasteiger partial charge >= 0.3 is 0 Å². The van der Waals surface area contributed by atoms with E-state index >= 15 is 0 Å². The van der Waals surface area contributed by atoms with E-state index in [9.17, 15) is 0 Å². The van der Waals surface area contributed by atoms with E-state index in [1.54, 1.807) is 0 Å². The van der Waals surface area contributed by atoms with Crippen molar-refractivity contribution >= 4 is 28.5 Å². The molecule has 0 spiro atoms. The second kappa shape index (κ2) is 5.81. The summed E-state index contributed by atoms with van der Waals surface area (Å²) in [6, 6.07) is 8.62. The highest BCUT2D eigenvalue weighted by atomic mass is 32.2. The molecule has 1 aliphatic carbocycles. The second-order valence-electron chi connectivity index (χ2n) is 5.73. The van der Waals surface area contributed by atoms with Gasteiger partial charge in [-0.2, -0.15) is 4.98 Å². The van der Waals surface area contributed by atoms with Crippen LogP contribution in [-0.4, -0.2) is 26.2 Å². The van der Waals surface area contributed by atoms with Crippen LogP contribution in [0.1, 0.15) is 36.7 Å². The van der Waals surface area contributed by atoms with Crippen LogP contribution in [0.25, 0.3) is 10.9 Å². The minimum Gasteiger partial charge on any atom is -0.367 e. The maximum absolute atomic E-state index is 5.24. The molecule has 1 unspecified atom stereocenters. The van der Waals surface area contributed by atoms with Gasteiger partial charge in [-0.15, -0.1) is 0 Å². The molecular weight excluding hydrogens is 310 g/mol. The summed E-state index contributed by atoms with van der Waals surface area (Å²) in [5, 5.41) is 9.13. The van der Waals surface area contributed by atoms with Crippen LogP contribution in [0.5, 0.6) is 0 Å². The Labute approximate surface area is 138 Å². The van der Waals surface area contributed by atoms with Crippen molar-refractivity contribution in [3.05, 3.63) is 36.0 Å². The number of rotatable bonds is 5. The lowest BCUT2D eigenvalue weighted by atomic mass is 10.2. The Balaban J connectivity index is 1.66. The molecule has 0 aliphatic heterocycles. The molecule has 0 radical (unpaired) electrons. The number of fused-ring (bicyclic) bond motifs is 1. The van der Waals surface area contributed by atoms with E-state index in [4.69, 9.17) is 9.51 Å². The molecular formula is C16H17N5OS. The number of nitrogens with one attached hydrogen (secondary N) is 1. The summed E-state index contributed by atoms with van der Waals surface area (Å²) in [6.45, 7) is 3.83. The molecule has 4 rings (SSSR count). The molecule has 1 aromatic carbocycles. The van der Waals surface area contributed by atoms with Crippen LogP contribution in [-0.2, 0) is 0 Å². The largest absolute Gasteiger partial charge is 0.367 e. The van der Waals surface area contributed by atoms with Crippen LogP contribution >= 0.6 is 11.8 Å². The maximum atomic E-state index is 5.24. The Morgan fingerprint density at radius 1 is 1.22 bits per heavy atom. The van der Waals surface area contributed by atoms with Gasteiger partial charge in [0, 0.05) is 11.4 Å². The van der Waals surface area contributed by atoms with Crippen molar-refractivity contribution in [2.75, 3.05) is 5.32 Å². The highest BCUT2D eigenvalue weighted by Gasteiger charge is 2.23. The number of hydrogen-bond donors (Lipinski definition) is 1. The first-order valence-electron chi connectivity index (χ1n) is 7.69. The van der Waals surface area contributed by atoms with E-state index in [0.29, 0.717) is 17.8 Å². The van der Waals surface area contributed by atoms with Crippen LogP contribution in [0, 0.1) is 6.92 Å². The number of anilines is 1. The van der Waals surface area contributed by atoms with Gasteiger partial charge in [0.1, 0.15) is 5.82 Å². The molecule has 2 aromatic heterocycles. The van der Waals surface area contributed by atoms with Crippen molar-refractivity contribution < 1.29 is 4.52 Å². The number of aryl methyl sites for hydroxylation is 1. The minimum absolute atomic E-state index is 0.00568. The highest BCUT2D eigenvalue weighted by Crippen LogP contribution is 2.35. The number of hydrogen-bond acceptors (Lipinski definition) is 7. The molecule has 118 valence electrons. The van der Waals surface area contributed by atoms with Gasteiger partial charge in [0.2, 0.25) is 5.89 Å². The van der Waals surface area contributed by atoms with E-state index in [1.165, 1.54) is 24.6 Å². The van der Waals surface area contributed by atoms with E-state index in [-0.39, 0.29) is 5.25 Å². The van der Waals surface area contributed by atoms with Crippen molar-refractivity contribution in [2.24, 2.45) is 0 Å². The molecule has 1 fully saturated rings. The zero-order valence-electron chi connectivity index (χ0n) is 13.0. The standard InChI is InChI=1S/C16H17N5OS/c1-9(15-17-10(2)21-22-15)23-16-19-13-6-4-3-5-12(13)14(20-16)18-11-7-8-11/h3-6,9,11H,7-8H2,1-2H3,(H,18,19,20). The predicted molar refractivity (Wildman–Crippen MR) is 89.5 cm³/mol. The van der Waals surface area contributed by atoms with Crippen molar-refractivity contribution in [1.82, 2.24) is 20.1 Å². The zero-order valence-corrected chi connectivity index (χ0v) is 13.8. The number of para-hydroxylation sites is 1. The van der Waals surface area contributed by atoms with Crippen LogP contribution in [0.15, 0.2) is 33.9 Å². The number of aromatic nitrogens is 4. The third-order valence-corrected chi connectivity index (χ3v) is 4.62. The van der Waals surface area contributed by atoms with Gasteiger partial charge in [-0.3, -0.25) is 0 Å². The average molecular weight is 327 g/mol. The number of nitrogens with zero attached hydrogens (tertiary/aromatic N) is 4. The topological polar surface area (TPSA) is 76.7 Å². The summed E-state index contributed by atoms with van der Waals surface area (Å²) in [5.74, 6) is 2.15. The van der Waals surface area contributed by atoms with Crippen LogP contribution in [0.2, 0.25) is 0 Å². The smallest absolute Gasteiger partial charge is 0.239 e. The van der Waals surface area contributed by atoms with Crippen molar-refractivity contribution in [2.45, 2.75) is 43.1 Å². The molecule has 23 heavy (non-hydrogen) atoms. The predicted octanol–water partition coefficient (Wildman–Crippen LogP) is 3.75. The van der Waals surface area contributed by atoms with Crippen LogP contribution in [0.3, 0.4) is 0 Å². The van der Waals surface area contributed by atoms with Crippen molar-refractivity contribution in [3.8, 4) is 0 Å². The fourth-order valence-electron chi connectivity index (χ4n) is 2.33. The first-order valence-corrected chi connectivity index (χ1v) is 8.57. The summed E-state index contributed by atoms with van der Waals surface area (Å²) < 4.78 is 5.24. The monoisotopic (exact) mass is 327 g/mol. The normalized spacial score (nSPS) is 15.7. The van der Waals surface area contributed by atoms with Crippen molar-refractivity contribution in [1.29, 1.82) is 0 Å². The summed E-state index contributed by atoms with van der Waals surface area (Å²) in [4.78, 5) is 13.6. The molecule has 7 heteroatoms. The fraction of sp³-hybridized carbons (Fsp3) is 0.375. The van der Waals surface area contributed by atoms with E-state index < -0.39 is 0 Å². The van der Waals surface area contributed by atoms with Gasteiger partial charge in [-0.1, -0.05) is 29.1 Å². The molecule has 1 N–H and O–H groups in total. The van der Waals surface area contributed by atoms with Gasteiger partial charge in [0.25, 0.3) is 0 Å². The summed E-state index contributed by atoms with van der Waals surface area (Å²) in [5.41, 5.74) is 0.946. The molecule has 6 nitrogen and oxygen atoms in total. The molecule has 0 bridgehead atoms. The maximum Gasteiger partial charge on any atom is 0.239 e. The molecule has 1 aliphatic rings. The Morgan fingerprint density at radius 3 is 2.78 bits per heavy atom. The van der Waals surface area contributed by atoms with Crippen LogP contribution in [0.4, 0.5) is 5.82 Å². The lowest BCUT2D eigenvalue weighted by molar-refractivity contribution is 0.376. The van der Waals surface area contributed by atoms with E-state index in [0.717, 1.165) is 21.9 Å². The zero-order chi connectivity index (χ0) is 15.8. The Bertz CT molecular complexity index is 845. The summed E-state index contributed by atoms with van der Waals surface area (Å²) in [7, 11) is 0.